The van der Waals surface area contributed by atoms with Gasteiger partial charge in [0.1, 0.15) is 11.2 Å². The van der Waals surface area contributed by atoms with Crippen LogP contribution in [-0.4, -0.2) is 52.2 Å². The molecule has 2 aliphatic heterocycles. The summed E-state index contributed by atoms with van der Waals surface area (Å²) in [5.41, 5.74) is 1.54. The van der Waals surface area contributed by atoms with Gasteiger partial charge < -0.3 is 4.90 Å². The van der Waals surface area contributed by atoms with Crippen molar-refractivity contribution in [1.29, 1.82) is 0 Å². The van der Waals surface area contributed by atoms with E-state index in [0.717, 1.165) is 19.4 Å². The van der Waals surface area contributed by atoms with Crippen molar-refractivity contribution in [3.8, 4) is 5.69 Å². The number of nitrogens with zero attached hydrogens (tertiary/aromatic N) is 4. The molecular weight excluding hydrogens is 376 g/mol. The average molecular weight is 403 g/mol. The van der Waals surface area contributed by atoms with Crippen LogP contribution >= 0.6 is 0 Å². The largest absolute Gasteiger partial charge is 0.335 e. The van der Waals surface area contributed by atoms with E-state index in [1.807, 2.05) is 25.7 Å². The lowest BCUT2D eigenvalue weighted by molar-refractivity contribution is 0.0740. The van der Waals surface area contributed by atoms with E-state index in [-0.39, 0.29) is 29.3 Å². The lowest BCUT2D eigenvalue weighted by Gasteiger charge is -2.23. The number of sulfonamides is 1. The summed E-state index contributed by atoms with van der Waals surface area (Å²) >= 11 is 0. The Hall–Kier alpha value is -2.19. The molecule has 1 saturated heterocycles. The van der Waals surface area contributed by atoms with E-state index in [1.54, 1.807) is 35.2 Å². The quantitative estimate of drug-likeness (QED) is 0.791. The first-order chi connectivity index (χ1) is 13.3. The highest BCUT2D eigenvalue weighted by Gasteiger charge is 2.37. The van der Waals surface area contributed by atoms with E-state index >= 15 is 0 Å². The molecule has 1 fully saturated rings. The maximum atomic E-state index is 13.3. The molecule has 1 aromatic heterocycles. The van der Waals surface area contributed by atoms with Crippen molar-refractivity contribution in [2.45, 2.75) is 51.1 Å². The van der Waals surface area contributed by atoms with Gasteiger partial charge in [-0.15, -0.1) is 0 Å². The van der Waals surface area contributed by atoms with Crippen LogP contribution in [0.2, 0.25) is 0 Å². The predicted molar refractivity (Wildman–Crippen MR) is 106 cm³/mol. The van der Waals surface area contributed by atoms with Crippen molar-refractivity contribution >= 4 is 15.9 Å². The van der Waals surface area contributed by atoms with Crippen LogP contribution in [0.3, 0.4) is 0 Å². The van der Waals surface area contributed by atoms with Crippen molar-refractivity contribution < 1.29 is 13.2 Å². The highest BCUT2D eigenvalue weighted by atomic mass is 32.2. The maximum absolute atomic E-state index is 13.3. The number of carbonyl (C=O) groups is 1. The van der Waals surface area contributed by atoms with Crippen molar-refractivity contribution in [1.82, 2.24) is 18.8 Å². The molecule has 0 radical (unpaired) electrons. The van der Waals surface area contributed by atoms with Gasteiger partial charge in [0.25, 0.3) is 5.91 Å². The Morgan fingerprint density at radius 3 is 2.71 bits per heavy atom. The molecular formula is C20H26N4O3S. The summed E-state index contributed by atoms with van der Waals surface area (Å²) in [7, 11) is -3.66. The van der Waals surface area contributed by atoms with Gasteiger partial charge in [-0.2, -0.15) is 4.31 Å². The molecule has 3 heterocycles. The molecule has 0 saturated carbocycles. The third-order valence-corrected chi connectivity index (χ3v) is 7.38. The number of para-hydroxylation sites is 1. The molecule has 0 spiro atoms. The Kier molecular flexibility index (Phi) is 4.79. The van der Waals surface area contributed by atoms with Crippen LogP contribution in [0.4, 0.5) is 0 Å². The van der Waals surface area contributed by atoms with Crippen LogP contribution in [0.5, 0.6) is 0 Å². The minimum atomic E-state index is -3.66. The Morgan fingerprint density at radius 2 is 2.04 bits per heavy atom. The van der Waals surface area contributed by atoms with E-state index in [9.17, 15) is 13.2 Å². The van der Waals surface area contributed by atoms with Crippen LogP contribution in [0.25, 0.3) is 5.69 Å². The number of hydrogen-bond donors (Lipinski definition) is 0. The number of imidazole rings is 1. The summed E-state index contributed by atoms with van der Waals surface area (Å²) in [6, 6.07) is 7.10. The molecule has 0 aliphatic carbocycles. The number of rotatable bonds is 3. The van der Waals surface area contributed by atoms with Crippen LogP contribution in [-0.2, 0) is 16.6 Å². The second-order valence-electron chi connectivity index (χ2n) is 8.06. The zero-order chi connectivity index (χ0) is 20.1. The van der Waals surface area contributed by atoms with Crippen molar-refractivity contribution in [3.63, 3.8) is 0 Å². The molecule has 1 aromatic carbocycles. The van der Waals surface area contributed by atoms with Gasteiger partial charge in [0.05, 0.1) is 17.9 Å². The molecule has 28 heavy (non-hydrogen) atoms. The third kappa shape index (κ3) is 3.04. The minimum absolute atomic E-state index is 0.111. The standard InChI is InChI=1S/C20H26N4O3S/c1-14(2)11-22-12-17-19(20(25)23-10-6-7-15(23)3)21-13-24(17)16-8-4-5-9-18(16)28(22,26)27/h4-5,8-9,13-15H,6-7,10-12H2,1-3H3. The number of aromatic nitrogens is 2. The predicted octanol–water partition coefficient (Wildman–Crippen LogP) is 2.66. The zero-order valence-electron chi connectivity index (χ0n) is 16.5. The minimum Gasteiger partial charge on any atom is -0.335 e. The van der Waals surface area contributed by atoms with Crippen LogP contribution in [0, 0.1) is 5.92 Å². The fourth-order valence-corrected chi connectivity index (χ4v) is 5.86. The van der Waals surface area contributed by atoms with Gasteiger partial charge in [-0.25, -0.2) is 13.4 Å². The topological polar surface area (TPSA) is 75.5 Å². The van der Waals surface area contributed by atoms with Crippen molar-refractivity contribution in [3.05, 3.63) is 42.0 Å². The van der Waals surface area contributed by atoms with E-state index in [4.69, 9.17) is 0 Å². The summed E-state index contributed by atoms with van der Waals surface area (Å²) in [5, 5.41) is 0. The second-order valence-corrected chi connectivity index (χ2v) is 9.97. The highest BCUT2D eigenvalue weighted by molar-refractivity contribution is 7.89. The normalized spacial score (nSPS) is 21.4. The van der Waals surface area contributed by atoms with Crippen LogP contribution < -0.4 is 0 Å². The number of benzene rings is 1. The maximum Gasteiger partial charge on any atom is 0.274 e. The molecule has 0 bridgehead atoms. The monoisotopic (exact) mass is 402 g/mol. The summed E-state index contributed by atoms with van der Waals surface area (Å²) in [6.45, 7) is 7.26. The zero-order valence-corrected chi connectivity index (χ0v) is 17.3. The molecule has 1 unspecified atom stereocenters. The lowest BCUT2D eigenvalue weighted by Crippen LogP contribution is -2.36. The molecule has 0 N–H and O–H groups in total. The SMILES string of the molecule is CC(C)CN1Cc2c(C(=O)N3CCCC3C)ncn2-c2ccccc2S1(=O)=O. The summed E-state index contributed by atoms with van der Waals surface area (Å²) < 4.78 is 29.9. The Labute approximate surface area is 166 Å². The second kappa shape index (κ2) is 7.00. The fraction of sp³-hybridized carbons (Fsp3) is 0.500. The van der Waals surface area contributed by atoms with Crippen molar-refractivity contribution in [2.24, 2.45) is 5.92 Å². The molecule has 2 aliphatic rings. The van der Waals surface area contributed by atoms with E-state index in [2.05, 4.69) is 4.98 Å². The molecule has 4 rings (SSSR count). The molecule has 1 atom stereocenters. The van der Waals surface area contributed by atoms with Gasteiger partial charge in [-0.3, -0.25) is 9.36 Å². The van der Waals surface area contributed by atoms with Crippen LogP contribution in [0.15, 0.2) is 35.5 Å². The number of amides is 1. The summed E-state index contributed by atoms with van der Waals surface area (Å²) in [6.07, 6.45) is 3.55. The van der Waals surface area contributed by atoms with Gasteiger partial charge in [-0.1, -0.05) is 26.0 Å². The van der Waals surface area contributed by atoms with Crippen LogP contribution in [0.1, 0.15) is 49.8 Å². The first kappa shape index (κ1) is 19.1. The van der Waals surface area contributed by atoms with Gasteiger partial charge in [0, 0.05) is 19.1 Å². The van der Waals surface area contributed by atoms with Gasteiger partial charge in [0.2, 0.25) is 10.0 Å². The number of carbonyl (C=O) groups excluding carboxylic acids is 1. The van der Waals surface area contributed by atoms with E-state index in [0.29, 0.717) is 23.6 Å². The first-order valence-electron chi connectivity index (χ1n) is 9.77. The number of likely N-dealkylation sites (tertiary alicyclic amines) is 1. The average Bonchev–Trinajstić information content (AvgIpc) is 3.24. The molecule has 2 aromatic rings. The summed E-state index contributed by atoms with van der Waals surface area (Å²) in [4.78, 5) is 19.7. The number of fused-ring (bicyclic) bond motifs is 3. The molecule has 7 nitrogen and oxygen atoms in total. The molecule has 8 heteroatoms. The highest BCUT2D eigenvalue weighted by Crippen LogP contribution is 2.32. The Bertz CT molecular complexity index is 1010. The third-order valence-electron chi connectivity index (χ3n) is 5.52. The van der Waals surface area contributed by atoms with Gasteiger partial charge >= 0.3 is 0 Å². The van der Waals surface area contributed by atoms with E-state index < -0.39 is 10.0 Å². The molecule has 1 amide bonds. The van der Waals surface area contributed by atoms with E-state index in [1.165, 1.54) is 4.31 Å². The first-order valence-corrected chi connectivity index (χ1v) is 11.2. The number of hydrogen-bond acceptors (Lipinski definition) is 4. The lowest BCUT2D eigenvalue weighted by atomic mass is 10.2. The Morgan fingerprint density at radius 1 is 1.29 bits per heavy atom. The van der Waals surface area contributed by atoms with Gasteiger partial charge in [0.15, 0.2) is 5.69 Å². The smallest absolute Gasteiger partial charge is 0.274 e. The summed E-state index contributed by atoms with van der Waals surface area (Å²) in [5.74, 6) is 0.0502. The van der Waals surface area contributed by atoms with Gasteiger partial charge in [-0.05, 0) is 37.8 Å². The Balaban J connectivity index is 1.86. The fourth-order valence-electron chi connectivity index (χ4n) is 4.12. The van der Waals surface area contributed by atoms with Crippen molar-refractivity contribution in [2.75, 3.05) is 13.1 Å². The molecule has 150 valence electrons.